The number of H-pyrrole nitrogens is 1. The van der Waals surface area contributed by atoms with Crippen molar-refractivity contribution in [1.82, 2.24) is 4.98 Å². The molecule has 0 aliphatic carbocycles. The van der Waals surface area contributed by atoms with Crippen molar-refractivity contribution in [2.45, 2.75) is 82.5 Å². The summed E-state index contributed by atoms with van der Waals surface area (Å²) in [4.78, 5) is 1.81. The van der Waals surface area contributed by atoms with Gasteiger partial charge in [-0.3, -0.25) is 0 Å². The Bertz CT molecular complexity index is 607. The lowest BCUT2D eigenvalue weighted by molar-refractivity contribution is -0.993. The molecular weight excluding hydrogens is 372 g/mol. The van der Waals surface area contributed by atoms with Gasteiger partial charge in [-0.25, -0.2) is 5.21 Å². The molecule has 27 heavy (non-hydrogen) atoms. The number of aromatic nitrogens is 1. The van der Waals surface area contributed by atoms with Crippen molar-refractivity contribution in [3.05, 3.63) is 34.7 Å². The Hall–Kier alpha value is -0.930. The molecule has 1 rings (SSSR count). The highest BCUT2D eigenvalue weighted by atomic mass is 35.5. The zero-order chi connectivity index (χ0) is 20.8. The molecule has 0 fully saturated rings. The number of halogens is 1. The summed E-state index contributed by atoms with van der Waals surface area (Å²) in [5.74, 6) is 0.0836. The van der Waals surface area contributed by atoms with Gasteiger partial charge in [0.1, 0.15) is 0 Å². The minimum Gasteiger partial charge on any atom is -0.594 e. The number of aliphatic hydroxyl groups is 3. The van der Waals surface area contributed by atoms with Crippen molar-refractivity contribution in [1.29, 1.82) is 0 Å². The van der Waals surface area contributed by atoms with E-state index in [4.69, 9.17) is 16.8 Å². The summed E-state index contributed by atoms with van der Waals surface area (Å²) < 4.78 is 0. The summed E-state index contributed by atoms with van der Waals surface area (Å²) in [7, 11) is 0. The summed E-state index contributed by atoms with van der Waals surface area (Å²) in [6.45, 7) is 6.90. The van der Waals surface area contributed by atoms with Crippen LogP contribution in [0.2, 0.25) is 0 Å². The first-order valence-electron chi connectivity index (χ1n) is 9.16. The number of alkyl halides is 1. The zero-order valence-electron chi connectivity index (χ0n) is 16.5. The highest BCUT2D eigenvalue weighted by molar-refractivity contribution is 6.24. The monoisotopic (exact) mass is 404 g/mol. The summed E-state index contributed by atoms with van der Waals surface area (Å²) in [5.41, 5.74) is 0.675. The molecule has 0 aromatic carbocycles. The van der Waals surface area contributed by atoms with Gasteiger partial charge in [-0.2, -0.15) is 5.23 Å². The Balaban J connectivity index is 2.48. The third-order valence-corrected chi connectivity index (χ3v) is 5.29. The van der Waals surface area contributed by atoms with Crippen molar-refractivity contribution in [3.8, 4) is 0 Å². The summed E-state index contributed by atoms with van der Waals surface area (Å²) in [6.07, 6.45) is 4.65. The minimum absolute atomic E-state index is 0.0836. The molecule has 0 bridgehead atoms. The van der Waals surface area contributed by atoms with Crippen LogP contribution >= 0.6 is 11.6 Å². The highest BCUT2D eigenvalue weighted by Crippen LogP contribution is 2.29. The van der Waals surface area contributed by atoms with Gasteiger partial charge in [0.15, 0.2) is 0 Å². The van der Waals surface area contributed by atoms with E-state index in [-0.39, 0.29) is 12.2 Å². The largest absolute Gasteiger partial charge is 0.594 e. The van der Waals surface area contributed by atoms with Crippen LogP contribution in [-0.4, -0.2) is 48.2 Å². The van der Waals surface area contributed by atoms with E-state index in [1.165, 1.54) is 6.07 Å². The van der Waals surface area contributed by atoms with Crippen LogP contribution in [0.15, 0.2) is 23.9 Å². The average Bonchev–Trinajstić information content (AvgIpc) is 3.00. The third-order valence-electron chi connectivity index (χ3n) is 4.85. The predicted octanol–water partition coefficient (Wildman–Crippen LogP) is 1.96. The Morgan fingerprint density at radius 3 is 2.48 bits per heavy atom. The van der Waals surface area contributed by atoms with Gasteiger partial charge >= 0.3 is 0 Å². The van der Waals surface area contributed by atoms with Crippen LogP contribution in [0.4, 0.5) is 5.82 Å². The van der Waals surface area contributed by atoms with Crippen molar-refractivity contribution in [3.63, 3.8) is 0 Å². The number of aromatic amines is 1. The van der Waals surface area contributed by atoms with Crippen LogP contribution < -0.4 is 5.23 Å². The lowest BCUT2D eigenvalue weighted by Crippen LogP contribution is -2.99. The quantitative estimate of drug-likeness (QED) is 0.191. The molecule has 1 aromatic heterocycles. The van der Waals surface area contributed by atoms with Crippen LogP contribution in [0.1, 0.15) is 58.9 Å². The van der Waals surface area contributed by atoms with E-state index in [1.54, 1.807) is 27.0 Å². The minimum atomic E-state index is -1.11. The molecule has 156 valence electrons. The molecule has 1 heterocycles. The van der Waals surface area contributed by atoms with Crippen LogP contribution in [0.3, 0.4) is 0 Å². The number of allylic oxidation sites excluding steroid dienone is 2. The second-order valence-electron chi connectivity index (χ2n) is 8.02. The first-order chi connectivity index (χ1) is 12.3. The predicted molar refractivity (Wildman–Crippen MR) is 105 cm³/mol. The van der Waals surface area contributed by atoms with Gasteiger partial charge in [-0.05, 0) is 58.9 Å². The van der Waals surface area contributed by atoms with Gasteiger partial charge < -0.3 is 25.5 Å². The van der Waals surface area contributed by atoms with E-state index < -0.39 is 27.9 Å². The van der Waals surface area contributed by atoms with Crippen molar-refractivity contribution < 1.29 is 25.8 Å². The highest BCUT2D eigenvalue weighted by Gasteiger charge is 2.30. The standard InChI is InChI=1S/C19H33ClN2O5/c1-13(7-8-15(23)18(2,3)25)6-5-9-19(4,20)16(24)10-14-11-17(21-12-14)22(26)27/h6,11-12,15-16,21-26H,5,7-10H2,1-4H3/t15-,16-,19-/m1/s1. The van der Waals surface area contributed by atoms with Crippen LogP contribution in [-0.2, 0) is 6.42 Å². The van der Waals surface area contributed by atoms with E-state index in [0.717, 1.165) is 5.57 Å². The molecule has 4 atom stereocenters. The fourth-order valence-electron chi connectivity index (χ4n) is 2.70. The van der Waals surface area contributed by atoms with Crippen LogP contribution in [0, 0.1) is 5.21 Å². The van der Waals surface area contributed by atoms with Gasteiger partial charge in [-0.15, -0.1) is 11.6 Å². The van der Waals surface area contributed by atoms with E-state index in [2.05, 4.69) is 4.98 Å². The lowest BCUT2D eigenvalue weighted by Gasteiger charge is -2.27. The van der Waals surface area contributed by atoms with Crippen molar-refractivity contribution in [2.24, 2.45) is 0 Å². The summed E-state index contributed by atoms with van der Waals surface area (Å²) >= 11 is 6.50. The summed E-state index contributed by atoms with van der Waals surface area (Å²) in [5, 5.41) is 48.8. The van der Waals surface area contributed by atoms with Gasteiger partial charge in [0, 0.05) is 18.7 Å². The number of rotatable bonds is 11. The molecule has 0 saturated heterocycles. The molecule has 6 N–H and O–H groups in total. The number of hydrogen-bond acceptors (Lipinski definition) is 5. The summed E-state index contributed by atoms with van der Waals surface area (Å²) in [6, 6.07) is 1.50. The second-order valence-corrected chi connectivity index (χ2v) is 8.89. The first-order valence-corrected chi connectivity index (χ1v) is 9.54. The number of aliphatic hydroxyl groups excluding tert-OH is 2. The molecular formula is C19H33ClN2O5. The fraction of sp³-hybridized carbons (Fsp3) is 0.684. The van der Waals surface area contributed by atoms with E-state index >= 15 is 0 Å². The smallest absolute Gasteiger partial charge is 0.237 e. The molecule has 1 unspecified atom stereocenters. The molecule has 7 nitrogen and oxygen atoms in total. The number of nitrogens with one attached hydrogen (secondary N) is 2. The van der Waals surface area contributed by atoms with E-state index in [1.807, 2.05) is 13.0 Å². The second kappa shape index (κ2) is 10.0. The normalized spacial score (nSPS) is 18.8. The van der Waals surface area contributed by atoms with E-state index in [9.17, 15) is 20.5 Å². The molecule has 1 aromatic rings. The SMILES string of the molecule is CC(=CCC[C@@](C)(Cl)[C@H](O)Cc1c[nH]c([NH+]([O-])O)c1)CC[C@@H](O)C(C)(C)O. The Labute approximate surface area is 165 Å². The molecule has 0 radical (unpaired) electrons. The molecule has 0 spiro atoms. The van der Waals surface area contributed by atoms with Gasteiger partial charge in [-0.1, -0.05) is 11.6 Å². The average molecular weight is 405 g/mol. The first kappa shape index (κ1) is 24.1. The fourth-order valence-corrected chi connectivity index (χ4v) is 2.89. The van der Waals surface area contributed by atoms with Gasteiger partial charge in [0.25, 0.3) is 0 Å². The Morgan fingerprint density at radius 2 is 1.96 bits per heavy atom. The topological polar surface area (TPSA) is 124 Å². The number of quaternary nitrogens is 1. The maximum absolute atomic E-state index is 10.9. The van der Waals surface area contributed by atoms with E-state index in [0.29, 0.717) is 31.2 Å². The zero-order valence-corrected chi connectivity index (χ0v) is 17.3. The molecule has 0 aliphatic rings. The maximum atomic E-state index is 10.9. The molecule has 0 saturated carbocycles. The molecule has 8 heteroatoms. The molecule has 0 amide bonds. The van der Waals surface area contributed by atoms with Gasteiger partial charge in [0.2, 0.25) is 5.82 Å². The Morgan fingerprint density at radius 1 is 1.33 bits per heavy atom. The maximum Gasteiger partial charge on any atom is 0.237 e. The van der Waals surface area contributed by atoms with Gasteiger partial charge in [0.05, 0.1) is 22.7 Å². The molecule has 0 aliphatic heterocycles. The van der Waals surface area contributed by atoms with Crippen LogP contribution in [0.25, 0.3) is 0 Å². The third kappa shape index (κ3) is 8.31. The lowest BCUT2D eigenvalue weighted by atomic mass is 9.92. The van der Waals surface area contributed by atoms with Crippen molar-refractivity contribution >= 4 is 17.4 Å². The Kier molecular flexibility index (Phi) is 8.95. The van der Waals surface area contributed by atoms with Crippen LogP contribution in [0.5, 0.6) is 0 Å². The number of hydrogen-bond donors (Lipinski definition) is 6. The van der Waals surface area contributed by atoms with Crippen molar-refractivity contribution in [2.75, 3.05) is 0 Å².